The molecule has 1 saturated carbocycles. The summed E-state index contributed by atoms with van der Waals surface area (Å²) in [5.41, 5.74) is 1.24. The third kappa shape index (κ3) is 2.42. The van der Waals surface area contributed by atoms with Crippen molar-refractivity contribution in [2.75, 3.05) is 6.79 Å². The molecule has 7 nitrogen and oxygen atoms in total. The molecule has 1 aliphatic carbocycles. The molecule has 0 saturated heterocycles. The third-order valence-corrected chi connectivity index (χ3v) is 4.18. The van der Waals surface area contributed by atoms with E-state index in [0.29, 0.717) is 17.4 Å². The van der Waals surface area contributed by atoms with Gasteiger partial charge in [0.15, 0.2) is 23.2 Å². The van der Waals surface area contributed by atoms with E-state index in [9.17, 15) is 14.9 Å². The average molecular weight is 323 g/mol. The number of hydrogen-bond acceptors (Lipinski definition) is 6. The van der Waals surface area contributed by atoms with Crippen molar-refractivity contribution in [1.29, 1.82) is 5.26 Å². The molecular formula is C17H13N3O4. The highest BCUT2D eigenvalue weighted by Crippen LogP contribution is 2.39. The minimum absolute atomic E-state index is 0.0881. The molecule has 120 valence electrons. The van der Waals surface area contributed by atoms with Gasteiger partial charge >= 0.3 is 0 Å². The zero-order chi connectivity index (χ0) is 16.7. The first-order valence-electron chi connectivity index (χ1n) is 7.60. The van der Waals surface area contributed by atoms with E-state index in [4.69, 9.17) is 9.47 Å². The molecule has 0 spiro atoms. The predicted octanol–water partition coefficient (Wildman–Crippen LogP) is 2.22. The lowest BCUT2D eigenvalue weighted by Crippen LogP contribution is -2.23. The van der Waals surface area contributed by atoms with Gasteiger partial charge in [-0.05, 0) is 37.1 Å². The fraction of sp³-hybridized carbons (Fsp3) is 0.294. The molecule has 1 fully saturated rings. The highest BCUT2D eigenvalue weighted by molar-refractivity contribution is 6.17. The number of rotatable bonds is 5. The molecule has 0 bridgehead atoms. The van der Waals surface area contributed by atoms with Crippen LogP contribution in [0.15, 0.2) is 24.3 Å². The van der Waals surface area contributed by atoms with Crippen molar-refractivity contribution < 1.29 is 19.1 Å². The first kappa shape index (κ1) is 14.5. The second kappa shape index (κ2) is 5.49. The van der Waals surface area contributed by atoms with Gasteiger partial charge < -0.3 is 9.47 Å². The van der Waals surface area contributed by atoms with Gasteiger partial charge in [-0.3, -0.25) is 14.7 Å². The highest BCUT2D eigenvalue weighted by atomic mass is 16.7. The van der Waals surface area contributed by atoms with E-state index in [2.05, 4.69) is 10.2 Å². The quantitative estimate of drug-likeness (QED) is 0.668. The van der Waals surface area contributed by atoms with Gasteiger partial charge in [-0.2, -0.15) is 10.4 Å². The zero-order valence-corrected chi connectivity index (χ0v) is 12.6. The summed E-state index contributed by atoms with van der Waals surface area (Å²) in [5.74, 6) is -1.22. The maximum Gasteiger partial charge on any atom is 0.231 e. The van der Waals surface area contributed by atoms with Gasteiger partial charge in [0.05, 0.1) is 6.07 Å². The number of benzene rings is 1. The molecule has 7 heteroatoms. The maximum absolute atomic E-state index is 12.6. The van der Waals surface area contributed by atoms with E-state index < -0.39 is 17.5 Å². The number of aromatic amines is 1. The monoisotopic (exact) mass is 323 g/mol. The number of aromatic nitrogens is 2. The summed E-state index contributed by atoms with van der Waals surface area (Å²) < 4.78 is 10.4. The van der Waals surface area contributed by atoms with Crippen molar-refractivity contribution in [3.63, 3.8) is 0 Å². The molecular weight excluding hydrogens is 310 g/mol. The smallest absolute Gasteiger partial charge is 0.231 e. The fourth-order valence-corrected chi connectivity index (χ4v) is 2.67. The summed E-state index contributed by atoms with van der Waals surface area (Å²) in [6.45, 7) is 0.0881. The zero-order valence-electron chi connectivity index (χ0n) is 12.6. The van der Waals surface area contributed by atoms with Crippen LogP contribution in [0.2, 0.25) is 0 Å². The number of H-pyrrole nitrogens is 1. The molecule has 4 rings (SSSR count). The minimum Gasteiger partial charge on any atom is -0.454 e. The van der Waals surface area contributed by atoms with Crippen LogP contribution in [0.25, 0.3) is 0 Å². The summed E-state index contributed by atoms with van der Waals surface area (Å²) in [5, 5.41) is 16.1. The molecule has 1 aliphatic heterocycles. The minimum atomic E-state index is -1.43. The number of nitrogens with one attached hydrogen (secondary N) is 1. The summed E-state index contributed by atoms with van der Waals surface area (Å²) in [6, 6.07) is 8.03. The Kier molecular flexibility index (Phi) is 3.31. The van der Waals surface area contributed by atoms with Crippen molar-refractivity contribution in [3.8, 4) is 17.6 Å². The van der Waals surface area contributed by atoms with Crippen LogP contribution < -0.4 is 9.47 Å². The number of Topliss-reactive ketones (excluding diaryl/α,β-unsaturated/α-hetero) is 2. The summed E-state index contributed by atoms with van der Waals surface area (Å²) >= 11 is 0. The molecule has 0 amide bonds. The molecule has 1 atom stereocenters. The number of nitrogens with zero attached hydrogens (tertiary/aromatic N) is 2. The Balaban J connectivity index is 1.58. The topological polar surface area (TPSA) is 105 Å². The molecule has 2 aliphatic rings. The van der Waals surface area contributed by atoms with Crippen LogP contribution >= 0.6 is 0 Å². The van der Waals surface area contributed by atoms with Gasteiger partial charge in [0.1, 0.15) is 5.69 Å². The van der Waals surface area contributed by atoms with Gasteiger partial charge in [-0.15, -0.1) is 0 Å². The van der Waals surface area contributed by atoms with Crippen molar-refractivity contribution in [2.24, 2.45) is 5.92 Å². The van der Waals surface area contributed by atoms with E-state index >= 15 is 0 Å². The summed E-state index contributed by atoms with van der Waals surface area (Å²) in [7, 11) is 0. The maximum atomic E-state index is 12.6. The van der Waals surface area contributed by atoms with Crippen LogP contribution in [-0.2, 0) is 0 Å². The van der Waals surface area contributed by atoms with Gasteiger partial charge in [0.25, 0.3) is 0 Å². The Hall–Kier alpha value is -3.14. The molecule has 1 aromatic heterocycles. The molecule has 24 heavy (non-hydrogen) atoms. The number of carbonyl (C=O) groups is 2. The fourth-order valence-electron chi connectivity index (χ4n) is 2.67. The van der Waals surface area contributed by atoms with E-state index in [-0.39, 0.29) is 18.1 Å². The average Bonchev–Trinajstić information content (AvgIpc) is 3.14. The number of nitriles is 1. The van der Waals surface area contributed by atoms with Crippen LogP contribution in [0, 0.1) is 17.2 Å². The summed E-state index contributed by atoms with van der Waals surface area (Å²) in [6.07, 6.45) is 2.13. The molecule has 0 radical (unpaired) electrons. The van der Waals surface area contributed by atoms with E-state index in [1.807, 2.05) is 0 Å². The van der Waals surface area contributed by atoms with E-state index in [0.717, 1.165) is 18.5 Å². The van der Waals surface area contributed by atoms with Crippen molar-refractivity contribution in [2.45, 2.75) is 18.8 Å². The predicted molar refractivity (Wildman–Crippen MR) is 80.9 cm³/mol. The van der Waals surface area contributed by atoms with E-state index in [1.54, 1.807) is 18.2 Å². The summed E-state index contributed by atoms with van der Waals surface area (Å²) in [4.78, 5) is 25.1. The number of hydrogen-bond donors (Lipinski definition) is 1. The van der Waals surface area contributed by atoms with Crippen LogP contribution in [0.5, 0.6) is 11.5 Å². The Morgan fingerprint density at radius 2 is 2.00 bits per heavy atom. The van der Waals surface area contributed by atoms with Gasteiger partial charge in [-0.25, -0.2) is 0 Å². The van der Waals surface area contributed by atoms with Gasteiger partial charge in [0.2, 0.25) is 12.6 Å². The first-order valence-corrected chi connectivity index (χ1v) is 7.60. The lowest BCUT2D eigenvalue weighted by Gasteiger charge is -2.06. The van der Waals surface area contributed by atoms with Crippen molar-refractivity contribution in [1.82, 2.24) is 10.2 Å². The molecule has 2 aromatic rings. The molecule has 1 unspecified atom stereocenters. The lowest BCUT2D eigenvalue weighted by molar-refractivity contribution is 0.0842. The largest absolute Gasteiger partial charge is 0.454 e. The number of carbonyl (C=O) groups excluding carboxylic acids is 2. The van der Waals surface area contributed by atoms with Crippen molar-refractivity contribution in [3.05, 3.63) is 41.2 Å². The molecule has 2 heterocycles. The van der Waals surface area contributed by atoms with Crippen LogP contribution in [0.1, 0.15) is 45.3 Å². The SMILES string of the molecule is N#CC(C(=O)c1ccc2c(c1)OCO2)C(=O)c1cc(C2CC2)[nH]n1. The van der Waals surface area contributed by atoms with Gasteiger partial charge in [-0.1, -0.05) is 0 Å². The molecule has 1 aromatic carbocycles. The first-order chi connectivity index (χ1) is 11.7. The Morgan fingerprint density at radius 1 is 1.21 bits per heavy atom. The Morgan fingerprint density at radius 3 is 2.75 bits per heavy atom. The second-order valence-corrected chi connectivity index (χ2v) is 5.84. The highest BCUT2D eigenvalue weighted by Gasteiger charge is 2.33. The van der Waals surface area contributed by atoms with Crippen LogP contribution in [0.4, 0.5) is 0 Å². The number of ketones is 2. The van der Waals surface area contributed by atoms with Crippen LogP contribution in [0.3, 0.4) is 0 Å². The van der Waals surface area contributed by atoms with E-state index in [1.165, 1.54) is 12.1 Å². The van der Waals surface area contributed by atoms with Crippen LogP contribution in [-0.4, -0.2) is 28.6 Å². The Bertz CT molecular complexity index is 876. The van der Waals surface area contributed by atoms with Crippen molar-refractivity contribution >= 4 is 11.6 Å². The lowest BCUT2D eigenvalue weighted by atomic mass is 9.93. The standard InChI is InChI=1S/C17H13N3O4/c18-7-11(17(22)13-6-12(19-20-13)9-1-2-9)16(21)10-3-4-14-15(5-10)24-8-23-14/h3-6,9,11H,1-2,8H2,(H,19,20). The van der Waals surface area contributed by atoms with Gasteiger partial charge in [0, 0.05) is 17.2 Å². The molecule has 1 N–H and O–H groups in total. The normalized spacial score (nSPS) is 16.5. The Labute approximate surface area is 137 Å². The third-order valence-electron chi connectivity index (χ3n) is 4.18. The second-order valence-electron chi connectivity index (χ2n) is 5.84. The number of fused-ring (bicyclic) bond motifs is 1. The number of ether oxygens (including phenoxy) is 2.